The van der Waals surface area contributed by atoms with Crippen molar-refractivity contribution in [1.82, 2.24) is 24.7 Å². The van der Waals surface area contributed by atoms with Crippen molar-refractivity contribution >= 4 is 11.9 Å². The van der Waals surface area contributed by atoms with E-state index < -0.39 is 0 Å². The summed E-state index contributed by atoms with van der Waals surface area (Å²) in [5.74, 6) is 2.37. The molecule has 21 heavy (non-hydrogen) atoms. The zero-order valence-electron chi connectivity index (χ0n) is 12.5. The molecule has 3 rings (SSSR count). The molecule has 2 atom stereocenters. The number of rotatable bonds is 5. The van der Waals surface area contributed by atoms with E-state index in [-0.39, 0.29) is 0 Å². The minimum absolute atomic E-state index is 0.437. The van der Waals surface area contributed by atoms with E-state index in [1.807, 2.05) is 19.2 Å². The van der Waals surface area contributed by atoms with Crippen LogP contribution < -0.4 is 10.6 Å². The minimum atomic E-state index is 0.437. The van der Waals surface area contributed by atoms with Gasteiger partial charge in [-0.05, 0) is 31.7 Å². The first-order valence-corrected chi connectivity index (χ1v) is 7.52. The Morgan fingerprint density at radius 2 is 2.10 bits per heavy atom. The van der Waals surface area contributed by atoms with Crippen LogP contribution in [0.4, 0.5) is 11.9 Å². The maximum atomic E-state index is 4.48. The Balaban J connectivity index is 1.88. The average molecular weight is 287 g/mol. The van der Waals surface area contributed by atoms with Crippen molar-refractivity contribution in [3.63, 3.8) is 0 Å². The van der Waals surface area contributed by atoms with Gasteiger partial charge in [-0.15, -0.1) is 0 Å². The van der Waals surface area contributed by atoms with E-state index in [0.29, 0.717) is 29.8 Å². The molecule has 0 saturated heterocycles. The molecule has 2 N–H and O–H groups in total. The summed E-state index contributed by atoms with van der Waals surface area (Å²) in [6.07, 6.45) is 7.22. The van der Waals surface area contributed by atoms with Crippen molar-refractivity contribution in [2.45, 2.75) is 39.2 Å². The van der Waals surface area contributed by atoms with E-state index in [1.165, 1.54) is 19.3 Å². The highest BCUT2D eigenvalue weighted by atomic mass is 15.4. The zero-order valence-corrected chi connectivity index (χ0v) is 12.5. The van der Waals surface area contributed by atoms with Crippen LogP contribution >= 0.6 is 0 Å². The van der Waals surface area contributed by atoms with Gasteiger partial charge in [-0.2, -0.15) is 20.1 Å². The summed E-state index contributed by atoms with van der Waals surface area (Å²) in [5.41, 5.74) is 0. The fraction of sp³-hybridized carbons (Fsp3) is 0.571. The van der Waals surface area contributed by atoms with Gasteiger partial charge in [0.15, 0.2) is 0 Å². The van der Waals surface area contributed by atoms with Gasteiger partial charge in [0.05, 0.1) is 0 Å². The molecule has 112 valence electrons. The molecule has 1 aliphatic rings. The van der Waals surface area contributed by atoms with Gasteiger partial charge >= 0.3 is 0 Å². The first-order valence-electron chi connectivity index (χ1n) is 7.52. The number of nitrogens with one attached hydrogen (secondary N) is 2. The smallest absolute Gasteiger partial charge is 0.257 e. The fourth-order valence-corrected chi connectivity index (χ4v) is 2.68. The zero-order chi connectivity index (χ0) is 14.7. The third kappa shape index (κ3) is 3.12. The summed E-state index contributed by atoms with van der Waals surface area (Å²) in [6, 6.07) is 2.29. The van der Waals surface area contributed by atoms with E-state index in [0.717, 1.165) is 6.54 Å². The lowest BCUT2D eigenvalue weighted by atomic mass is 10.1. The van der Waals surface area contributed by atoms with E-state index in [9.17, 15) is 0 Å². The number of aromatic nitrogens is 5. The van der Waals surface area contributed by atoms with E-state index in [4.69, 9.17) is 0 Å². The second-order valence-corrected chi connectivity index (χ2v) is 5.42. The molecule has 1 fully saturated rings. The third-order valence-electron chi connectivity index (χ3n) is 3.84. The van der Waals surface area contributed by atoms with Gasteiger partial charge in [0.2, 0.25) is 11.9 Å². The molecule has 1 aliphatic carbocycles. The Hall–Kier alpha value is -2.18. The molecule has 0 amide bonds. The maximum Gasteiger partial charge on any atom is 0.257 e. The van der Waals surface area contributed by atoms with E-state index >= 15 is 0 Å². The van der Waals surface area contributed by atoms with Gasteiger partial charge in [-0.3, -0.25) is 0 Å². The first kappa shape index (κ1) is 13.8. The fourth-order valence-electron chi connectivity index (χ4n) is 2.68. The van der Waals surface area contributed by atoms with Crippen LogP contribution in [-0.4, -0.2) is 37.3 Å². The third-order valence-corrected chi connectivity index (χ3v) is 3.84. The highest BCUT2D eigenvalue weighted by Crippen LogP contribution is 2.27. The Kier molecular flexibility index (Phi) is 3.98. The number of hydrogen-bond donors (Lipinski definition) is 2. The SMILES string of the molecule is CCNc1nc(NC2CCCC2C)nc(-n2cccn2)n1. The summed E-state index contributed by atoms with van der Waals surface area (Å²) in [4.78, 5) is 13.3. The predicted octanol–water partition coefficient (Wildman–Crippen LogP) is 2.09. The molecule has 0 aromatic carbocycles. The molecule has 0 spiro atoms. The first-order chi connectivity index (χ1) is 10.3. The summed E-state index contributed by atoms with van der Waals surface area (Å²) in [7, 11) is 0. The van der Waals surface area contributed by atoms with E-state index in [1.54, 1.807) is 10.9 Å². The van der Waals surface area contributed by atoms with Gasteiger partial charge in [0, 0.05) is 25.0 Å². The topological polar surface area (TPSA) is 80.5 Å². The summed E-state index contributed by atoms with van der Waals surface area (Å²) < 4.78 is 1.64. The normalized spacial score (nSPS) is 21.4. The highest BCUT2D eigenvalue weighted by molar-refractivity contribution is 5.38. The number of nitrogens with zero attached hydrogens (tertiary/aromatic N) is 5. The van der Waals surface area contributed by atoms with Crippen molar-refractivity contribution in [3.05, 3.63) is 18.5 Å². The predicted molar refractivity (Wildman–Crippen MR) is 81.5 cm³/mol. The van der Waals surface area contributed by atoms with Crippen LogP contribution in [0.25, 0.3) is 5.95 Å². The van der Waals surface area contributed by atoms with Gasteiger partial charge in [-0.1, -0.05) is 13.3 Å². The van der Waals surface area contributed by atoms with Crippen molar-refractivity contribution in [1.29, 1.82) is 0 Å². The molecule has 2 aromatic rings. The molecule has 0 aliphatic heterocycles. The van der Waals surface area contributed by atoms with E-state index in [2.05, 4.69) is 37.6 Å². The van der Waals surface area contributed by atoms with Crippen molar-refractivity contribution in [2.75, 3.05) is 17.2 Å². The summed E-state index contributed by atoms with van der Waals surface area (Å²) >= 11 is 0. The van der Waals surface area contributed by atoms with Gasteiger partial charge in [0.25, 0.3) is 5.95 Å². The molecular formula is C14H21N7. The van der Waals surface area contributed by atoms with Crippen LogP contribution in [0, 0.1) is 5.92 Å². The molecule has 2 unspecified atom stereocenters. The van der Waals surface area contributed by atoms with Crippen LogP contribution in [0.5, 0.6) is 0 Å². The van der Waals surface area contributed by atoms with Crippen LogP contribution in [0.2, 0.25) is 0 Å². The Labute approximate surface area is 124 Å². The molecular weight excluding hydrogens is 266 g/mol. The Morgan fingerprint density at radius 1 is 1.24 bits per heavy atom. The Morgan fingerprint density at radius 3 is 2.76 bits per heavy atom. The lowest BCUT2D eigenvalue weighted by molar-refractivity contribution is 0.552. The van der Waals surface area contributed by atoms with Crippen LogP contribution in [0.1, 0.15) is 33.1 Å². The minimum Gasteiger partial charge on any atom is -0.354 e. The van der Waals surface area contributed by atoms with Crippen LogP contribution in [0.15, 0.2) is 18.5 Å². The molecule has 2 aromatic heterocycles. The lowest BCUT2D eigenvalue weighted by Crippen LogP contribution is -2.24. The maximum absolute atomic E-state index is 4.48. The largest absolute Gasteiger partial charge is 0.354 e. The molecule has 0 radical (unpaired) electrons. The molecule has 7 heteroatoms. The summed E-state index contributed by atoms with van der Waals surface area (Å²) in [6.45, 7) is 5.05. The van der Waals surface area contributed by atoms with Crippen LogP contribution in [0.3, 0.4) is 0 Å². The Bertz CT molecular complexity index is 581. The van der Waals surface area contributed by atoms with Gasteiger partial charge in [-0.25, -0.2) is 4.68 Å². The number of anilines is 2. The van der Waals surface area contributed by atoms with Gasteiger partial charge in [0.1, 0.15) is 0 Å². The average Bonchev–Trinajstić information content (AvgIpc) is 3.12. The lowest BCUT2D eigenvalue weighted by Gasteiger charge is -2.17. The molecule has 0 bridgehead atoms. The molecule has 1 saturated carbocycles. The highest BCUT2D eigenvalue weighted by Gasteiger charge is 2.24. The van der Waals surface area contributed by atoms with Crippen molar-refractivity contribution < 1.29 is 0 Å². The number of hydrogen-bond acceptors (Lipinski definition) is 6. The van der Waals surface area contributed by atoms with Gasteiger partial charge < -0.3 is 10.6 Å². The van der Waals surface area contributed by atoms with Crippen LogP contribution in [-0.2, 0) is 0 Å². The van der Waals surface area contributed by atoms with Crippen molar-refractivity contribution in [2.24, 2.45) is 5.92 Å². The van der Waals surface area contributed by atoms with Crippen molar-refractivity contribution in [3.8, 4) is 5.95 Å². The summed E-state index contributed by atoms with van der Waals surface area (Å²) in [5, 5.41) is 10.8. The second-order valence-electron chi connectivity index (χ2n) is 5.42. The standard InChI is InChI=1S/C14H21N7/c1-3-15-12-18-13(17-11-7-4-6-10(11)2)20-14(19-12)21-9-5-8-16-21/h5,8-11H,3-4,6-7H2,1-2H3,(H2,15,17,18,19,20). The second kappa shape index (κ2) is 6.07. The monoisotopic (exact) mass is 287 g/mol. The quantitative estimate of drug-likeness (QED) is 0.876. The molecule has 7 nitrogen and oxygen atoms in total. The molecule has 2 heterocycles.